The summed E-state index contributed by atoms with van der Waals surface area (Å²) in [6.45, 7) is 12.2. The minimum absolute atomic E-state index is 0. The molecule has 0 saturated carbocycles. The fourth-order valence-corrected chi connectivity index (χ4v) is 4.46. The molecule has 0 aliphatic carbocycles. The molecular formula is C24H51Gd2O12P3. The Morgan fingerprint density at radius 3 is 0.780 bits per heavy atom. The first-order valence-electron chi connectivity index (χ1n) is 14.0. The van der Waals surface area contributed by atoms with Crippen molar-refractivity contribution in [2.45, 2.75) is 119 Å². The first-order valence-corrected chi connectivity index (χ1v) is 18.4. The second-order valence-electron chi connectivity index (χ2n) is 9.48. The molecule has 3 atom stereocenters. The van der Waals surface area contributed by atoms with E-state index in [1.54, 1.807) is 0 Å². The van der Waals surface area contributed by atoms with Crippen LogP contribution in [0.2, 0.25) is 0 Å². The van der Waals surface area contributed by atoms with E-state index in [0.717, 1.165) is 77.0 Å². The summed E-state index contributed by atoms with van der Waals surface area (Å²) < 4.78 is 43.2. The molecule has 2 radical (unpaired) electrons. The second-order valence-corrected chi connectivity index (χ2v) is 12.9. The molecule has 0 amide bonds. The maximum atomic E-state index is 10.2. The van der Waals surface area contributed by atoms with Crippen molar-refractivity contribution >= 4 is 23.5 Å². The molecule has 0 aliphatic rings. The summed E-state index contributed by atoms with van der Waals surface area (Å²) in [7, 11) is -14.3. The third-order valence-corrected chi connectivity index (χ3v) is 7.43. The molecule has 0 spiro atoms. The van der Waals surface area contributed by atoms with Gasteiger partial charge in [-0.25, -0.2) is 0 Å². The van der Waals surface area contributed by atoms with E-state index in [-0.39, 0.29) is 117 Å². The third-order valence-electron chi connectivity index (χ3n) is 6.03. The number of hydrogen-bond donors (Lipinski definition) is 0. The Bertz CT molecular complexity index is 598. The zero-order valence-corrected chi connectivity index (χ0v) is 32.5. The largest absolute Gasteiger partial charge is 3.00 e. The summed E-state index contributed by atoms with van der Waals surface area (Å²) in [5.74, 6) is 0.573. The Hall–Kier alpha value is 2.98. The van der Waals surface area contributed by atoms with E-state index in [1.807, 2.05) is 20.8 Å². The van der Waals surface area contributed by atoms with Crippen LogP contribution < -0.4 is 29.4 Å². The van der Waals surface area contributed by atoms with Gasteiger partial charge in [-0.3, -0.25) is 0 Å². The summed E-state index contributed by atoms with van der Waals surface area (Å²) in [5, 5.41) is 0. The molecule has 250 valence electrons. The fraction of sp³-hybridized carbons (Fsp3) is 1.00. The molecule has 3 unspecified atom stereocenters. The zero-order chi connectivity index (χ0) is 31.0. The van der Waals surface area contributed by atoms with Gasteiger partial charge in [0.2, 0.25) is 0 Å². The number of rotatable bonds is 21. The van der Waals surface area contributed by atoms with Gasteiger partial charge < -0.3 is 56.6 Å². The van der Waals surface area contributed by atoms with E-state index >= 15 is 0 Å². The van der Waals surface area contributed by atoms with Gasteiger partial charge in [0, 0.05) is 0 Å². The summed E-state index contributed by atoms with van der Waals surface area (Å²) in [5.41, 5.74) is 0. The van der Waals surface area contributed by atoms with Crippen LogP contribution in [-0.2, 0) is 27.3 Å². The van der Waals surface area contributed by atoms with Crippen LogP contribution in [0.3, 0.4) is 0 Å². The molecule has 12 nitrogen and oxygen atoms in total. The van der Waals surface area contributed by atoms with Crippen LogP contribution in [0.1, 0.15) is 119 Å². The summed E-state index contributed by atoms with van der Waals surface area (Å²) in [6.07, 6.45) is 11.7. The number of hydrogen-bond acceptors (Lipinski definition) is 12. The number of unbranched alkanes of at least 4 members (excludes halogenated alkanes) is 3. The Morgan fingerprint density at radius 1 is 0.463 bits per heavy atom. The van der Waals surface area contributed by atoms with Crippen molar-refractivity contribution in [3.05, 3.63) is 0 Å². The quantitative estimate of drug-likeness (QED) is 0.152. The average Bonchev–Trinajstić information content (AvgIpc) is 2.83. The molecule has 17 heteroatoms. The standard InChI is InChI=1S/3C8H19O4P.2Gd/c3*1-3-5-6-8(4-2)7-12-13(9,10)11;;/h3*8H,3-7H2,1-2H3,(H2,9,10,11);;/q;;;2*+3/p-6. The predicted octanol–water partition coefficient (Wildman–Crippen LogP) is 3.14. The normalized spacial score (nSPS) is 13.8. The monoisotopic (exact) mass is 940 g/mol. The third kappa shape index (κ3) is 47.5. The maximum Gasteiger partial charge on any atom is 3.00 e. The van der Waals surface area contributed by atoms with E-state index in [9.17, 15) is 43.1 Å². The van der Waals surface area contributed by atoms with Crippen LogP contribution in [0.25, 0.3) is 0 Å². The first kappa shape index (κ1) is 53.5. The van der Waals surface area contributed by atoms with Crippen LogP contribution in [0.15, 0.2) is 0 Å². The summed E-state index contributed by atoms with van der Waals surface area (Å²) in [6, 6.07) is 0. The van der Waals surface area contributed by atoms with Gasteiger partial charge in [-0.2, -0.15) is 0 Å². The second kappa shape index (κ2) is 32.9. The van der Waals surface area contributed by atoms with Gasteiger partial charge in [-0.15, -0.1) is 0 Å². The molecule has 0 N–H and O–H groups in total. The Labute approximate surface area is 312 Å². The predicted molar refractivity (Wildman–Crippen MR) is 141 cm³/mol. The van der Waals surface area contributed by atoms with E-state index < -0.39 is 23.5 Å². The van der Waals surface area contributed by atoms with Gasteiger partial charge in [-0.05, 0) is 37.0 Å². The molecule has 0 fully saturated rings. The van der Waals surface area contributed by atoms with Crippen molar-refractivity contribution in [2.24, 2.45) is 17.8 Å². The average molecular weight is 939 g/mol. The van der Waals surface area contributed by atoms with E-state index in [2.05, 4.69) is 34.3 Å². The van der Waals surface area contributed by atoms with Crippen LogP contribution in [0.5, 0.6) is 0 Å². The Kier molecular flexibility index (Phi) is 42.9. The molecule has 41 heavy (non-hydrogen) atoms. The van der Waals surface area contributed by atoms with Crippen molar-refractivity contribution in [3.8, 4) is 0 Å². The van der Waals surface area contributed by atoms with Crippen molar-refractivity contribution in [2.75, 3.05) is 19.8 Å². The molecule has 0 bridgehead atoms. The molecule has 0 heterocycles. The Balaban J connectivity index is -0.000000154. The van der Waals surface area contributed by atoms with Crippen LogP contribution in [0.4, 0.5) is 0 Å². The maximum absolute atomic E-state index is 10.2. The van der Waals surface area contributed by atoms with Crippen molar-refractivity contribution in [1.29, 1.82) is 0 Å². The molecule has 0 rings (SSSR count). The first-order chi connectivity index (χ1) is 18.0. The molecule has 0 aromatic rings. The molecular weight excluding hydrogens is 888 g/mol. The van der Waals surface area contributed by atoms with Gasteiger partial charge in [0.15, 0.2) is 0 Å². The topological polar surface area (TPSA) is 217 Å². The van der Waals surface area contributed by atoms with Gasteiger partial charge in [-0.1, -0.05) is 99.3 Å². The summed E-state index contributed by atoms with van der Waals surface area (Å²) in [4.78, 5) is 61.1. The fourth-order valence-electron chi connectivity index (χ4n) is 3.28. The summed E-state index contributed by atoms with van der Waals surface area (Å²) >= 11 is 0. The molecule has 0 aromatic heterocycles. The van der Waals surface area contributed by atoms with Crippen LogP contribution >= 0.6 is 23.5 Å². The van der Waals surface area contributed by atoms with E-state index in [0.29, 0.717) is 0 Å². The van der Waals surface area contributed by atoms with Crippen molar-refractivity contribution < 1.29 is 137 Å². The van der Waals surface area contributed by atoms with Crippen LogP contribution in [0, 0.1) is 97.6 Å². The SMILES string of the molecule is CCCCC(CC)COP(=O)([O-])[O-].CCCCC(CC)COP(=O)([O-])[O-].CCCCC(CC)COP(=O)([O-])[O-].[Gd+3].[Gd+3]. The van der Waals surface area contributed by atoms with Gasteiger partial charge in [0.05, 0.1) is 43.3 Å². The van der Waals surface area contributed by atoms with Gasteiger partial charge in [0.1, 0.15) is 0 Å². The van der Waals surface area contributed by atoms with Crippen LogP contribution in [-0.4, -0.2) is 19.8 Å². The molecule has 0 aromatic carbocycles. The molecule has 0 saturated heterocycles. The minimum Gasteiger partial charge on any atom is -0.790 e. The smallest absolute Gasteiger partial charge is 0.790 e. The van der Waals surface area contributed by atoms with Gasteiger partial charge in [0.25, 0.3) is 0 Å². The zero-order valence-electron chi connectivity index (χ0n) is 25.3. The van der Waals surface area contributed by atoms with Gasteiger partial charge >= 0.3 is 79.9 Å². The van der Waals surface area contributed by atoms with Crippen molar-refractivity contribution in [3.63, 3.8) is 0 Å². The molecule has 0 aliphatic heterocycles. The van der Waals surface area contributed by atoms with E-state index in [1.165, 1.54) is 0 Å². The number of phosphoric acid groups is 3. The minimum atomic E-state index is -4.76. The van der Waals surface area contributed by atoms with Crippen molar-refractivity contribution in [1.82, 2.24) is 0 Å². The Morgan fingerprint density at radius 2 is 0.659 bits per heavy atom. The van der Waals surface area contributed by atoms with E-state index in [4.69, 9.17) is 0 Å². The number of phosphoric ester groups is 3.